The highest BCUT2D eigenvalue weighted by molar-refractivity contribution is 9.10. The summed E-state index contributed by atoms with van der Waals surface area (Å²) in [4.78, 5) is 0. The van der Waals surface area contributed by atoms with E-state index in [0.29, 0.717) is 9.50 Å². The van der Waals surface area contributed by atoms with E-state index in [4.69, 9.17) is 17.3 Å². The summed E-state index contributed by atoms with van der Waals surface area (Å²) >= 11 is 9.09. The van der Waals surface area contributed by atoms with Gasteiger partial charge in [-0.15, -0.1) is 0 Å². The monoisotopic (exact) mass is 249 g/mol. The van der Waals surface area contributed by atoms with Crippen molar-refractivity contribution in [2.75, 3.05) is 6.54 Å². The van der Waals surface area contributed by atoms with Crippen molar-refractivity contribution in [2.24, 2.45) is 5.73 Å². The summed E-state index contributed by atoms with van der Waals surface area (Å²) in [6.07, 6.45) is -0.655. The average molecular weight is 251 g/mol. The Bertz CT molecular complexity index is 280. The molecule has 0 fully saturated rings. The molecule has 1 aromatic carbocycles. The Labute approximate surface area is 84.5 Å². The molecule has 0 saturated carbocycles. The molecule has 1 aromatic rings. The minimum Gasteiger partial charge on any atom is -0.387 e. The molecular weight excluding hydrogens is 241 g/mol. The first kappa shape index (κ1) is 9.99. The first-order chi connectivity index (χ1) is 5.66. The van der Waals surface area contributed by atoms with Crippen LogP contribution in [-0.2, 0) is 0 Å². The third kappa shape index (κ3) is 1.98. The van der Waals surface area contributed by atoms with Gasteiger partial charge in [0.1, 0.15) is 0 Å². The van der Waals surface area contributed by atoms with Crippen molar-refractivity contribution in [3.63, 3.8) is 0 Å². The van der Waals surface area contributed by atoms with Crippen LogP contribution in [0.3, 0.4) is 0 Å². The van der Waals surface area contributed by atoms with E-state index in [0.717, 1.165) is 5.56 Å². The van der Waals surface area contributed by atoms with Crippen molar-refractivity contribution in [3.05, 3.63) is 33.3 Å². The van der Waals surface area contributed by atoms with Gasteiger partial charge >= 0.3 is 0 Å². The van der Waals surface area contributed by atoms with E-state index < -0.39 is 6.10 Å². The van der Waals surface area contributed by atoms with Crippen molar-refractivity contribution in [1.82, 2.24) is 0 Å². The zero-order valence-electron chi connectivity index (χ0n) is 6.30. The summed E-state index contributed by atoms with van der Waals surface area (Å²) < 4.78 is 0.713. The first-order valence-electron chi connectivity index (χ1n) is 3.49. The maximum atomic E-state index is 9.42. The van der Waals surface area contributed by atoms with Gasteiger partial charge in [-0.2, -0.15) is 0 Å². The minimum absolute atomic E-state index is 0.193. The Hall–Kier alpha value is -0.0900. The molecule has 0 bridgehead atoms. The predicted molar refractivity (Wildman–Crippen MR) is 53.2 cm³/mol. The van der Waals surface area contributed by atoms with E-state index in [1.807, 2.05) is 0 Å². The van der Waals surface area contributed by atoms with Gasteiger partial charge in [0.05, 0.1) is 11.1 Å². The Morgan fingerprint density at radius 3 is 2.83 bits per heavy atom. The van der Waals surface area contributed by atoms with Gasteiger partial charge < -0.3 is 10.8 Å². The number of aliphatic hydroxyl groups excluding tert-OH is 1. The van der Waals surface area contributed by atoms with Crippen LogP contribution in [0, 0.1) is 0 Å². The van der Waals surface area contributed by atoms with Gasteiger partial charge in [0.2, 0.25) is 0 Å². The maximum absolute atomic E-state index is 9.42. The van der Waals surface area contributed by atoms with E-state index in [1.165, 1.54) is 0 Å². The van der Waals surface area contributed by atoms with Gasteiger partial charge in [-0.05, 0) is 27.6 Å². The fourth-order valence-corrected chi connectivity index (χ4v) is 1.62. The average Bonchev–Trinajstić information content (AvgIpc) is 2.08. The minimum atomic E-state index is -0.655. The molecule has 0 heterocycles. The molecule has 0 spiro atoms. The SMILES string of the molecule is NCC(O)c1cccc(Cl)c1Br. The lowest BCUT2D eigenvalue weighted by Gasteiger charge is -2.10. The topological polar surface area (TPSA) is 46.2 Å². The quantitative estimate of drug-likeness (QED) is 0.844. The fourth-order valence-electron chi connectivity index (χ4n) is 0.905. The van der Waals surface area contributed by atoms with Crippen molar-refractivity contribution in [2.45, 2.75) is 6.10 Å². The summed E-state index contributed by atoms with van der Waals surface area (Å²) in [5.41, 5.74) is 6.04. The molecule has 0 radical (unpaired) electrons. The van der Waals surface area contributed by atoms with Crippen LogP contribution in [0.15, 0.2) is 22.7 Å². The van der Waals surface area contributed by atoms with Crippen LogP contribution in [-0.4, -0.2) is 11.7 Å². The third-order valence-electron chi connectivity index (χ3n) is 1.56. The summed E-state index contributed by atoms with van der Waals surface area (Å²) in [5, 5.41) is 10.0. The number of hydrogen-bond acceptors (Lipinski definition) is 2. The van der Waals surface area contributed by atoms with Crippen molar-refractivity contribution < 1.29 is 5.11 Å². The molecule has 0 aliphatic heterocycles. The molecule has 1 unspecified atom stereocenters. The summed E-state index contributed by atoms with van der Waals surface area (Å²) in [6.45, 7) is 0.193. The molecule has 66 valence electrons. The Morgan fingerprint density at radius 2 is 2.25 bits per heavy atom. The second kappa shape index (κ2) is 4.23. The van der Waals surface area contributed by atoms with E-state index in [1.54, 1.807) is 18.2 Å². The lowest BCUT2D eigenvalue weighted by molar-refractivity contribution is 0.186. The highest BCUT2D eigenvalue weighted by Crippen LogP contribution is 2.29. The second-order valence-corrected chi connectivity index (χ2v) is 3.59. The lowest BCUT2D eigenvalue weighted by Crippen LogP contribution is -2.11. The number of aliphatic hydroxyl groups is 1. The number of halogens is 2. The largest absolute Gasteiger partial charge is 0.387 e. The Kier molecular flexibility index (Phi) is 3.53. The standard InChI is InChI=1S/C8H9BrClNO/c9-8-5(7(12)4-11)2-1-3-6(8)10/h1-3,7,12H,4,11H2. The Balaban J connectivity index is 3.07. The van der Waals surface area contributed by atoms with Crippen LogP contribution in [0.2, 0.25) is 5.02 Å². The van der Waals surface area contributed by atoms with E-state index >= 15 is 0 Å². The number of hydrogen-bond donors (Lipinski definition) is 2. The van der Waals surface area contributed by atoms with Gasteiger partial charge in [0.25, 0.3) is 0 Å². The molecule has 1 atom stereocenters. The van der Waals surface area contributed by atoms with Crippen LogP contribution >= 0.6 is 27.5 Å². The molecule has 12 heavy (non-hydrogen) atoms. The molecule has 0 aliphatic carbocycles. The van der Waals surface area contributed by atoms with Gasteiger partial charge in [0, 0.05) is 11.0 Å². The van der Waals surface area contributed by atoms with Crippen molar-refractivity contribution >= 4 is 27.5 Å². The molecule has 0 aromatic heterocycles. The third-order valence-corrected chi connectivity index (χ3v) is 2.99. The van der Waals surface area contributed by atoms with Crippen LogP contribution in [0.5, 0.6) is 0 Å². The molecule has 3 N–H and O–H groups in total. The first-order valence-corrected chi connectivity index (χ1v) is 4.66. The smallest absolute Gasteiger partial charge is 0.0923 e. The maximum Gasteiger partial charge on any atom is 0.0923 e. The zero-order valence-corrected chi connectivity index (χ0v) is 8.64. The van der Waals surface area contributed by atoms with Crippen molar-refractivity contribution in [3.8, 4) is 0 Å². The van der Waals surface area contributed by atoms with Gasteiger partial charge in [-0.25, -0.2) is 0 Å². The normalized spacial score (nSPS) is 13.0. The van der Waals surface area contributed by atoms with Crippen LogP contribution in [0.25, 0.3) is 0 Å². The molecular formula is C8H9BrClNO. The van der Waals surface area contributed by atoms with Gasteiger partial charge in [-0.3, -0.25) is 0 Å². The molecule has 0 aliphatic rings. The second-order valence-electron chi connectivity index (χ2n) is 2.39. The summed E-state index contributed by atoms with van der Waals surface area (Å²) in [7, 11) is 0. The fraction of sp³-hybridized carbons (Fsp3) is 0.250. The summed E-state index contributed by atoms with van der Waals surface area (Å²) in [6, 6.07) is 5.31. The van der Waals surface area contributed by atoms with E-state index in [2.05, 4.69) is 15.9 Å². The molecule has 0 amide bonds. The molecule has 4 heteroatoms. The lowest BCUT2D eigenvalue weighted by atomic mass is 10.1. The number of rotatable bonds is 2. The van der Waals surface area contributed by atoms with Crippen molar-refractivity contribution in [1.29, 1.82) is 0 Å². The van der Waals surface area contributed by atoms with Crippen LogP contribution < -0.4 is 5.73 Å². The van der Waals surface area contributed by atoms with Crippen LogP contribution in [0.4, 0.5) is 0 Å². The molecule has 1 rings (SSSR count). The predicted octanol–water partition coefficient (Wildman–Crippen LogP) is 2.09. The summed E-state index contributed by atoms with van der Waals surface area (Å²) in [5.74, 6) is 0. The van der Waals surface area contributed by atoms with E-state index in [-0.39, 0.29) is 6.54 Å². The van der Waals surface area contributed by atoms with E-state index in [9.17, 15) is 5.11 Å². The van der Waals surface area contributed by atoms with Gasteiger partial charge in [0.15, 0.2) is 0 Å². The molecule has 0 saturated heterocycles. The zero-order chi connectivity index (χ0) is 9.14. The van der Waals surface area contributed by atoms with Gasteiger partial charge in [-0.1, -0.05) is 23.7 Å². The Morgan fingerprint density at radius 1 is 1.58 bits per heavy atom. The number of nitrogens with two attached hydrogens (primary N) is 1. The highest BCUT2D eigenvalue weighted by atomic mass is 79.9. The highest BCUT2D eigenvalue weighted by Gasteiger charge is 2.10. The number of benzene rings is 1. The van der Waals surface area contributed by atoms with Crippen LogP contribution in [0.1, 0.15) is 11.7 Å². The molecule has 2 nitrogen and oxygen atoms in total.